The summed E-state index contributed by atoms with van der Waals surface area (Å²) in [6, 6.07) is 0. The molecule has 0 aliphatic rings. The smallest absolute Gasteiger partial charge is 0.370 e. The Morgan fingerprint density at radius 2 is 2.00 bits per heavy atom. The second-order valence-electron chi connectivity index (χ2n) is 1.94. The lowest BCUT2D eigenvalue weighted by molar-refractivity contribution is -0.136. The maximum atomic E-state index is 11.4. The number of carbonyl (C=O) groups excluding carboxylic acids is 1. The first-order chi connectivity index (χ1) is 4.42. The highest BCUT2D eigenvalue weighted by Gasteiger charge is 2.26. The van der Waals surface area contributed by atoms with E-state index in [2.05, 4.69) is 5.73 Å². The topological polar surface area (TPSA) is 43.1 Å². The van der Waals surface area contributed by atoms with Gasteiger partial charge in [-0.25, -0.2) is 0 Å². The molecule has 0 aliphatic heterocycles. The van der Waals surface area contributed by atoms with Gasteiger partial charge in [-0.2, -0.15) is 13.2 Å². The molecule has 0 fully saturated rings. The quantitative estimate of drug-likeness (QED) is 0.661. The van der Waals surface area contributed by atoms with E-state index >= 15 is 0 Å². The molecule has 1 amide bonds. The number of primary amides is 1. The van der Waals surface area contributed by atoms with Crippen molar-refractivity contribution in [2.45, 2.75) is 25.4 Å². The molecule has 5 heteroatoms. The van der Waals surface area contributed by atoms with E-state index in [4.69, 9.17) is 0 Å². The van der Waals surface area contributed by atoms with Crippen LogP contribution in [-0.2, 0) is 4.79 Å². The summed E-state index contributed by atoms with van der Waals surface area (Å²) >= 11 is 0. The number of alkyl halides is 3. The van der Waals surface area contributed by atoms with Crippen LogP contribution in [0, 0.1) is 0 Å². The number of nitrogens with two attached hydrogens (primary N) is 1. The van der Waals surface area contributed by atoms with Crippen molar-refractivity contribution in [3.05, 3.63) is 0 Å². The first-order valence-corrected chi connectivity index (χ1v) is 2.77. The molecule has 0 rings (SSSR count). The van der Waals surface area contributed by atoms with Gasteiger partial charge < -0.3 is 5.73 Å². The van der Waals surface area contributed by atoms with Gasteiger partial charge in [0, 0.05) is 14.3 Å². The molecule has 0 saturated carbocycles. The third-order valence-electron chi connectivity index (χ3n) is 0.883. The van der Waals surface area contributed by atoms with Crippen molar-refractivity contribution in [2.24, 2.45) is 5.73 Å². The highest BCUT2D eigenvalue weighted by molar-refractivity contribution is 5.73. The van der Waals surface area contributed by atoms with E-state index in [9.17, 15) is 18.0 Å². The Morgan fingerprint density at radius 1 is 1.50 bits per heavy atom. The standard InChI is InChI=1S/C5H8F3NO.H2/c6-5(7,8)3-1-2-4(9)10;/h1-3H2,(H2,9,10);1H. The molecular formula is C5H10F3NO. The maximum Gasteiger partial charge on any atom is 0.389 e. The van der Waals surface area contributed by atoms with Crippen LogP contribution in [-0.4, -0.2) is 12.1 Å². The van der Waals surface area contributed by atoms with Crippen molar-refractivity contribution in [1.82, 2.24) is 0 Å². The minimum atomic E-state index is -4.17. The van der Waals surface area contributed by atoms with E-state index in [-0.39, 0.29) is 14.3 Å². The Hall–Kier alpha value is -0.740. The number of hydrogen-bond acceptors (Lipinski definition) is 1. The average Bonchev–Trinajstić information content (AvgIpc) is 1.59. The van der Waals surface area contributed by atoms with E-state index < -0.39 is 18.5 Å². The molecule has 0 aromatic carbocycles. The summed E-state index contributed by atoms with van der Waals surface area (Å²) < 4.78 is 34.1. The summed E-state index contributed by atoms with van der Waals surface area (Å²) in [4.78, 5) is 9.94. The van der Waals surface area contributed by atoms with Crippen molar-refractivity contribution in [2.75, 3.05) is 0 Å². The highest BCUT2D eigenvalue weighted by Crippen LogP contribution is 2.21. The molecule has 0 aromatic heterocycles. The zero-order chi connectivity index (χ0) is 8.20. The van der Waals surface area contributed by atoms with Crippen LogP contribution in [0.15, 0.2) is 0 Å². The molecule has 0 aromatic rings. The van der Waals surface area contributed by atoms with E-state index in [1.54, 1.807) is 0 Å². The molecule has 0 saturated heterocycles. The zero-order valence-electron chi connectivity index (χ0n) is 5.24. The molecule has 0 unspecified atom stereocenters. The van der Waals surface area contributed by atoms with Crippen LogP contribution in [0.2, 0.25) is 0 Å². The predicted octanol–water partition coefficient (Wildman–Crippen LogP) is 1.45. The molecule has 10 heavy (non-hydrogen) atoms. The third-order valence-corrected chi connectivity index (χ3v) is 0.883. The van der Waals surface area contributed by atoms with Crippen molar-refractivity contribution < 1.29 is 19.4 Å². The molecule has 2 N–H and O–H groups in total. The van der Waals surface area contributed by atoms with Crippen LogP contribution < -0.4 is 5.73 Å². The summed E-state index contributed by atoms with van der Waals surface area (Å²) in [5.74, 6) is -0.691. The summed E-state index contributed by atoms with van der Waals surface area (Å²) in [5, 5.41) is 0. The van der Waals surface area contributed by atoms with E-state index in [1.807, 2.05) is 0 Å². The van der Waals surface area contributed by atoms with Gasteiger partial charge in [0.25, 0.3) is 0 Å². The van der Waals surface area contributed by atoms with Crippen molar-refractivity contribution in [3.63, 3.8) is 0 Å². The molecule has 0 aliphatic carbocycles. The molecule has 0 atom stereocenters. The van der Waals surface area contributed by atoms with Crippen LogP contribution in [0.5, 0.6) is 0 Å². The van der Waals surface area contributed by atoms with Crippen LogP contribution in [0.4, 0.5) is 13.2 Å². The van der Waals surface area contributed by atoms with Gasteiger partial charge in [0.05, 0.1) is 0 Å². The summed E-state index contributed by atoms with van der Waals surface area (Å²) in [6.45, 7) is 0. The molecule has 2 nitrogen and oxygen atoms in total. The van der Waals surface area contributed by atoms with Gasteiger partial charge in [0.1, 0.15) is 0 Å². The lowest BCUT2D eigenvalue weighted by Gasteiger charge is -2.02. The van der Waals surface area contributed by atoms with Crippen molar-refractivity contribution in [1.29, 1.82) is 0 Å². The number of rotatable bonds is 3. The van der Waals surface area contributed by atoms with Crippen LogP contribution in [0.1, 0.15) is 20.7 Å². The molecule has 0 spiro atoms. The fraction of sp³-hybridized carbons (Fsp3) is 0.800. The number of carbonyl (C=O) groups is 1. The first kappa shape index (κ1) is 9.26. The minimum absolute atomic E-state index is 0. The van der Waals surface area contributed by atoms with Gasteiger partial charge in [-0.1, -0.05) is 0 Å². The Kier molecular flexibility index (Phi) is 3.18. The second-order valence-corrected chi connectivity index (χ2v) is 1.94. The molecule has 0 radical (unpaired) electrons. The predicted molar refractivity (Wildman–Crippen MR) is 31.2 cm³/mol. The lowest BCUT2D eigenvalue weighted by atomic mass is 10.2. The Balaban J connectivity index is 0. The molecule has 0 heterocycles. The Labute approximate surface area is 57.7 Å². The van der Waals surface area contributed by atoms with E-state index in [1.165, 1.54) is 0 Å². The summed E-state index contributed by atoms with van der Waals surface area (Å²) in [6.07, 6.45) is -5.51. The number of halogens is 3. The fourth-order valence-electron chi connectivity index (χ4n) is 0.463. The minimum Gasteiger partial charge on any atom is -0.370 e. The Bertz CT molecular complexity index is 125. The molecule has 62 valence electrons. The van der Waals surface area contributed by atoms with Crippen LogP contribution in [0.3, 0.4) is 0 Å². The van der Waals surface area contributed by atoms with Gasteiger partial charge in [-0.3, -0.25) is 4.79 Å². The number of hydrogen-bond donors (Lipinski definition) is 1. The van der Waals surface area contributed by atoms with Gasteiger partial charge in [-0.05, 0) is 6.42 Å². The number of amides is 1. The van der Waals surface area contributed by atoms with Crippen LogP contribution in [0.25, 0.3) is 0 Å². The highest BCUT2D eigenvalue weighted by atomic mass is 19.4. The summed E-state index contributed by atoms with van der Waals surface area (Å²) in [5.41, 5.74) is 4.62. The van der Waals surface area contributed by atoms with Gasteiger partial charge >= 0.3 is 6.18 Å². The van der Waals surface area contributed by atoms with Crippen molar-refractivity contribution >= 4 is 5.91 Å². The zero-order valence-corrected chi connectivity index (χ0v) is 5.24. The van der Waals surface area contributed by atoms with Gasteiger partial charge in [0.2, 0.25) is 5.91 Å². The fourth-order valence-corrected chi connectivity index (χ4v) is 0.463. The molecule has 0 bridgehead atoms. The van der Waals surface area contributed by atoms with Crippen LogP contribution >= 0.6 is 0 Å². The van der Waals surface area contributed by atoms with E-state index in [0.29, 0.717) is 0 Å². The Morgan fingerprint density at radius 3 is 2.30 bits per heavy atom. The normalized spacial score (nSPS) is 11.5. The van der Waals surface area contributed by atoms with E-state index in [0.717, 1.165) is 0 Å². The monoisotopic (exact) mass is 157 g/mol. The lowest BCUT2D eigenvalue weighted by Crippen LogP contribution is -2.13. The molecular weight excluding hydrogens is 147 g/mol. The van der Waals surface area contributed by atoms with Crippen molar-refractivity contribution in [3.8, 4) is 0 Å². The SMILES string of the molecule is NC(=O)CCCC(F)(F)F.[HH]. The summed E-state index contributed by atoms with van der Waals surface area (Å²) in [7, 11) is 0. The average molecular weight is 157 g/mol. The maximum absolute atomic E-state index is 11.4. The van der Waals surface area contributed by atoms with Gasteiger partial charge in [-0.15, -0.1) is 0 Å². The largest absolute Gasteiger partial charge is 0.389 e. The first-order valence-electron chi connectivity index (χ1n) is 2.77. The van der Waals surface area contributed by atoms with Gasteiger partial charge in [0.15, 0.2) is 0 Å². The third kappa shape index (κ3) is 7.26. The second kappa shape index (κ2) is 3.43.